The van der Waals surface area contributed by atoms with E-state index in [1.807, 2.05) is 61.5 Å². The predicted molar refractivity (Wildman–Crippen MR) is 94.1 cm³/mol. The lowest BCUT2D eigenvalue weighted by Gasteiger charge is -2.12. The molecular weight excluding hydrogens is 316 g/mol. The molecule has 0 aliphatic rings. The summed E-state index contributed by atoms with van der Waals surface area (Å²) in [4.78, 5) is 12.6. The molecular formula is C20H18N2O3. The highest BCUT2D eigenvalue weighted by atomic mass is 16.5. The first-order chi connectivity index (χ1) is 12.1. The van der Waals surface area contributed by atoms with Crippen molar-refractivity contribution in [2.75, 3.05) is 7.11 Å². The van der Waals surface area contributed by atoms with Gasteiger partial charge in [0.15, 0.2) is 0 Å². The summed E-state index contributed by atoms with van der Waals surface area (Å²) in [5, 5.41) is 9.32. The first kappa shape index (κ1) is 16.7. The van der Waals surface area contributed by atoms with Gasteiger partial charge in [0.1, 0.15) is 23.2 Å². The molecule has 1 aromatic carbocycles. The van der Waals surface area contributed by atoms with Crippen molar-refractivity contribution in [2.45, 2.75) is 20.1 Å². The normalized spacial score (nSPS) is 10.6. The van der Waals surface area contributed by atoms with Crippen LogP contribution in [0.4, 0.5) is 0 Å². The van der Waals surface area contributed by atoms with Gasteiger partial charge in [-0.3, -0.25) is 4.79 Å². The summed E-state index contributed by atoms with van der Waals surface area (Å²) in [6, 6.07) is 17.3. The minimum atomic E-state index is -0.327. The highest BCUT2D eigenvalue weighted by Gasteiger charge is 2.14. The number of ether oxygens (including phenoxy) is 1. The number of nitrogens with zero attached hydrogens (tertiary/aromatic N) is 2. The molecule has 25 heavy (non-hydrogen) atoms. The minimum absolute atomic E-state index is 0.113. The number of methoxy groups -OCH3 is 1. The molecule has 5 nitrogen and oxygen atoms in total. The summed E-state index contributed by atoms with van der Waals surface area (Å²) in [6.45, 7) is 2.35. The van der Waals surface area contributed by atoms with Crippen molar-refractivity contribution in [1.82, 2.24) is 4.57 Å². The molecule has 0 radical (unpaired) electrons. The van der Waals surface area contributed by atoms with Crippen LogP contribution in [0.15, 0.2) is 57.7 Å². The summed E-state index contributed by atoms with van der Waals surface area (Å²) < 4.78 is 12.5. The number of furan rings is 1. The van der Waals surface area contributed by atoms with Gasteiger partial charge in [0.2, 0.25) is 0 Å². The van der Waals surface area contributed by atoms with Crippen LogP contribution in [0.25, 0.3) is 11.3 Å². The number of benzene rings is 1. The Morgan fingerprint density at radius 1 is 1.20 bits per heavy atom. The van der Waals surface area contributed by atoms with Gasteiger partial charge in [-0.1, -0.05) is 30.3 Å². The molecule has 0 atom stereocenters. The lowest BCUT2D eigenvalue weighted by molar-refractivity contribution is 0.184. The van der Waals surface area contributed by atoms with E-state index in [-0.39, 0.29) is 24.3 Å². The summed E-state index contributed by atoms with van der Waals surface area (Å²) in [5.74, 6) is 1.41. The molecule has 2 heterocycles. The fourth-order valence-corrected chi connectivity index (χ4v) is 2.80. The third-order valence-electron chi connectivity index (χ3n) is 4.03. The molecule has 0 bridgehead atoms. The maximum Gasteiger partial charge on any atom is 0.269 e. The van der Waals surface area contributed by atoms with Crippen LogP contribution >= 0.6 is 0 Å². The fraction of sp³-hybridized carbons (Fsp3) is 0.200. The number of pyridine rings is 1. The maximum atomic E-state index is 12.6. The van der Waals surface area contributed by atoms with E-state index < -0.39 is 0 Å². The average molecular weight is 334 g/mol. The molecule has 0 aliphatic heterocycles. The van der Waals surface area contributed by atoms with Crippen molar-refractivity contribution in [3.63, 3.8) is 0 Å². The molecule has 0 aliphatic carbocycles. The van der Waals surface area contributed by atoms with Crippen molar-refractivity contribution in [2.24, 2.45) is 0 Å². The van der Waals surface area contributed by atoms with E-state index in [4.69, 9.17) is 9.15 Å². The molecule has 0 unspecified atom stereocenters. The smallest absolute Gasteiger partial charge is 0.269 e. The zero-order valence-electron chi connectivity index (χ0n) is 14.2. The van der Waals surface area contributed by atoms with Gasteiger partial charge in [0, 0.05) is 23.9 Å². The number of aromatic nitrogens is 1. The molecule has 0 amide bonds. The van der Waals surface area contributed by atoms with Gasteiger partial charge < -0.3 is 13.7 Å². The molecule has 0 saturated heterocycles. The molecule has 3 rings (SSSR count). The summed E-state index contributed by atoms with van der Waals surface area (Å²) in [6.07, 6.45) is 0. The van der Waals surface area contributed by atoms with Gasteiger partial charge >= 0.3 is 0 Å². The Bertz CT molecular complexity index is 978. The van der Waals surface area contributed by atoms with Crippen LogP contribution in [-0.2, 0) is 17.9 Å². The Labute approximate surface area is 145 Å². The van der Waals surface area contributed by atoms with Crippen LogP contribution in [-0.4, -0.2) is 11.7 Å². The lowest BCUT2D eigenvalue weighted by Crippen LogP contribution is -2.26. The van der Waals surface area contributed by atoms with E-state index >= 15 is 0 Å². The standard InChI is InChI=1S/C20H18N2O3/c1-14-10-16(13-24-2)18(11-21)20(23)22(14)12-17-8-9-19(25-17)15-6-4-3-5-7-15/h3-10H,12-13H2,1-2H3. The predicted octanol–water partition coefficient (Wildman–Crippen LogP) is 3.48. The Hall–Kier alpha value is -3.10. The Kier molecular flexibility index (Phi) is 4.82. The van der Waals surface area contributed by atoms with E-state index in [0.29, 0.717) is 11.3 Å². The van der Waals surface area contributed by atoms with Crippen LogP contribution < -0.4 is 5.56 Å². The highest BCUT2D eigenvalue weighted by Crippen LogP contribution is 2.22. The molecule has 126 valence electrons. The quantitative estimate of drug-likeness (QED) is 0.716. The number of rotatable bonds is 5. The van der Waals surface area contributed by atoms with Gasteiger partial charge in [0.25, 0.3) is 5.56 Å². The van der Waals surface area contributed by atoms with E-state index in [0.717, 1.165) is 17.0 Å². The maximum absolute atomic E-state index is 12.6. The second kappa shape index (κ2) is 7.20. The van der Waals surface area contributed by atoms with Crippen LogP contribution in [0.5, 0.6) is 0 Å². The first-order valence-corrected chi connectivity index (χ1v) is 7.90. The molecule has 0 fully saturated rings. The van der Waals surface area contributed by atoms with Crippen molar-refractivity contribution < 1.29 is 9.15 Å². The molecule has 5 heteroatoms. The van der Waals surface area contributed by atoms with Gasteiger partial charge in [-0.05, 0) is 25.1 Å². The van der Waals surface area contributed by atoms with Gasteiger partial charge in [0.05, 0.1) is 13.2 Å². The van der Waals surface area contributed by atoms with Crippen LogP contribution in [0, 0.1) is 18.3 Å². The first-order valence-electron chi connectivity index (χ1n) is 7.90. The molecule has 3 aromatic rings. The zero-order valence-corrected chi connectivity index (χ0v) is 14.2. The van der Waals surface area contributed by atoms with Crippen molar-refractivity contribution >= 4 is 0 Å². The number of hydrogen-bond acceptors (Lipinski definition) is 4. The van der Waals surface area contributed by atoms with E-state index in [1.54, 1.807) is 4.57 Å². The zero-order chi connectivity index (χ0) is 17.8. The third kappa shape index (κ3) is 3.39. The van der Waals surface area contributed by atoms with Crippen molar-refractivity contribution in [3.05, 3.63) is 81.5 Å². The topological polar surface area (TPSA) is 68.2 Å². The van der Waals surface area contributed by atoms with Gasteiger partial charge in [-0.15, -0.1) is 0 Å². The second-order valence-electron chi connectivity index (χ2n) is 5.75. The number of nitriles is 1. The van der Waals surface area contributed by atoms with E-state index in [1.165, 1.54) is 7.11 Å². The number of aryl methyl sites for hydroxylation is 1. The van der Waals surface area contributed by atoms with Gasteiger partial charge in [-0.2, -0.15) is 5.26 Å². The lowest BCUT2D eigenvalue weighted by atomic mass is 10.1. The Morgan fingerprint density at radius 2 is 1.96 bits per heavy atom. The van der Waals surface area contributed by atoms with E-state index in [2.05, 4.69) is 0 Å². The van der Waals surface area contributed by atoms with Crippen molar-refractivity contribution in [1.29, 1.82) is 5.26 Å². The van der Waals surface area contributed by atoms with Crippen molar-refractivity contribution in [3.8, 4) is 17.4 Å². The average Bonchev–Trinajstić information content (AvgIpc) is 3.08. The summed E-state index contributed by atoms with van der Waals surface area (Å²) >= 11 is 0. The Morgan fingerprint density at radius 3 is 2.64 bits per heavy atom. The largest absolute Gasteiger partial charge is 0.459 e. The molecule has 2 aromatic heterocycles. The Balaban J connectivity index is 1.95. The third-order valence-corrected chi connectivity index (χ3v) is 4.03. The molecule has 0 saturated carbocycles. The van der Waals surface area contributed by atoms with Crippen LogP contribution in [0.3, 0.4) is 0 Å². The monoisotopic (exact) mass is 334 g/mol. The number of hydrogen-bond donors (Lipinski definition) is 0. The molecule has 0 N–H and O–H groups in total. The second-order valence-corrected chi connectivity index (χ2v) is 5.75. The SMILES string of the molecule is COCc1cc(C)n(Cc2ccc(-c3ccccc3)o2)c(=O)c1C#N. The fourth-order valence-electron chi connectivity index (χ4n) is 2.80. The molecule has 0 spiro atoms. The summed E-state index contributed by atoms with van der Waals surface area (Å²) in [5.41, 5.74) is 2.13. The summed E-state index contributed by atoms with van der Waals surface area (Å²) in [7, 11) is 1.54. The van der Waals surface area contributed by atoms with Crippen LogP contribution in [0.1, 0.15) is 22.6 Å². The van der Waals surface area contributed by atoms with E-state index in [9.17, 15) is 10.1 Å². The highest BCUT2D eigenvalue weighted by molar-refractivity contribution is 5.57. The van der Waals surface area contributed by atoms with Gasteiger partial charge in [-0.25, -0.2) is 0 Å². The minimum Gasteiger partial charge on any atom is -0.459 e. The van der Waals surface area contributed by atoms with Crippen LogP contribution in [0.2, 0.25) is 0 Å².